The fraction of sp³-hybridized carbons (Fsp3) is 0.333. The van der Waals surface area contributed by atoms with Crippen LogP contribution in [0.1, 0.15) is 47.2 Å². The Morgan fingerprint density at radius 3 is 2.67 bits per heavy atom. The Balaban J connectivity index is 1.86. The summed E-state index contributed by atoms with van der Waals surface area (Å²) in [6, 6.07) is 12.6. The number of benzene rings is 1. The Morgan fingerprint density at radius 1 is 1.22 bits per heavy atom. The Labute approximate surface area is 117 Å². The highest BCUT2D eigenvalue weighted by atomic mass is 35.5. The van der Waals surface area contributed by atoms with Crippen LogP contribution in [0.2, 0.25) is 4.34 Å². The summed E-state index contributed by atoms with van der Waals surface area (Å²) in [7, 11) is 0. The van der Waals surface area contributed by atoms with E-state index in [0.29, 0.717) is 0 Å². The molecule has 3 rings (SSSR count). The van der Waals surface area contributed by atoms with Crippen LogP contribution >= 0.6 is 22.9 Å². The van der Waals surface area contributed by atoms with Gasteiger partial charge in [0.25, 0.3) is 0 Å². The molecule has 1 atom stereocenters. The number of halogens is 1. The molecule has 1 aliphatic rings. The smallest absolute Gasteiger partial charge is 0.0931 e. The molecule has 0 amide bonds. The van der Waals surface area contributed by atoms with E-state index in [-0.39, 0.29) is 6.04 Å². The topological polar surface area (TPSA) is 26.0 Å². The van der Waals surface area contributed by atoms with Gasteiger partial charge < -0.3 is 5.73 Å². The molecule has 1 unspecified atom stereocenters. The van der Waals surface area contributed by atoms with Gasteiger partial charge in [-0.2, -0.15) is 0 Å². The number of hydrogen-bond acceptors (Lipinski definition) is 2. The van der Waals surface area contributed by atoms with Crippen LogP contribution in [-0.2, 0) is 0 Å². The number of rotatable bonds is 3. The minimum Gasteiger partial charge on any atom is -0.320 e. The molecule has 1 fully saturated rings. The maximum atomic E-state index is 6.31. The standard InChI is InChI=1S/C15H16ClNS/c16-14-8-7-13(18-14)15(17)12-6-2-5-11(9-12)10-3-1-4-10/h2,5-10,15H,1,3-4,17H2. The van der Waals surface area contributed by atoms with E-state index in [9.17, 15) is 0 Å². The van der Waals surface area contributed by atoms with Crippen LogP contribution < -0.4 is 5.73 Å². The quantitative estimate of drug-likeness (QED) is 0.863. The average Bonchev–Trinajstić information content (AvgIpc) is 2.73. The van der Waals surface area contributed by atoms with E-state index in [1.165, 1.54) is 30.4 Å². The number of thiophene rings is 1. The van der Waals surface area contributed by atoms with Gasteiger partial charge in [-0.05, 0) is 42.0 Å². The monoisotopic (exact) mass is 277 g/mol. The lowest BCUT2D eigenvalue weighted by molar-refractivity contribution is 0.419. The van der Waals surface area contributed by atoms with E-state index < -0.39 is 0 Å². The predicted molar refractivity (Wildman–Crippen MR) is 78.4 cm³/mol. The third-order valence-electron chi connectivity index (χ3n) is 3.75. The van der Waals surface area contributed by atoms with Crippen molar-refractivity contribution in [2.45, 2.75) is 31.2 Å². The van der Waals surface area contributed by atoms with Gasteiger partial charge in [0.1, 0.15) is 0 Å². The lowest BCUT2D eigenvalue weighted by Gasteiger charge is -2.26. The SMILES string of the molecule is NC(c1cccc(C2CCC2)c1)c1ccc(Cl)s1. The van der Waals surface area contributed by atoms with Crippen LogP contribution in [0.3, 0.4) is 0 Å². The average molecular weight is 278 g/mol. The van der Waals surface area contributed by atoms with E-state index >= 15 is 0 Å². The Hall–Kier alpha value is -0.830. The van der Waals surface area contributed by atoms with E-state index in [4.69, 9.17) is 17.3 Å². The minimum atomic E-state index is -0.0532. The van der Waals surface area contributed by atoms with E-state index in [0.717, 1.165) is 15.1 Å². The van der Waals surface area contributed by atoms with Crippen molar-refractivity contribution < 1.29 is 0 Å². The van der Waals surface area contributed by atoms with Gasteiger partial charge in [-0.3, -0.25) is 0 Å². The molecule has 0 aliphatic heterocycles. The second kappa shape index (κ2) is 5.04. The first-order valence-electron chi connectivity index (χ1n) is 6.35. The highest BCUT2D eigenvalue weighted by Gasteiger charge is 2.20. The summed E-state index contributed by atoms with van der Waals surface area (Å²) in [4.78, 5) is 1.13. The molecule has 1 saturated carbocycles. The summed E-state index contributed by atoms with van der Waals surface area (Å²) >= 11 is 7.53. The second-order valence-corrected chi connectivity index (χ2v) is 6.66. The molecule has 0 spiro atoms. The van der Waals surface area contributed by atoms with E-state index in [1.807, 2.05) is 12.1 Å². The van der Waals surface area contributed by atoms with Crippen LogP contribution in [0.25, 0.3) is 0 Å². The maximum Gasteiger partial charge on any atom is 0.0931 e. The van der Waals surface area contributed by atoms with Crippen molar-refractivity contribution in [3.8, 4) is 0 Å². The van der Waals surface area contributed by atoms with Crippen LogP contribution in [-0.4, -0.2) is 0 Å². The molecular formula is C15H16ClNS. The zero-order valence-electron chi connectivity index (χ0n) is 10.1. The summed E-state index contributed by atoms with van der Waals surface area (Å²) in [6.45, 7) is 0. The third-order valence-corrected chi connectivity index (χ3v) is 5.06. The van der Waals surface area contributed by atoms with Crippen LogP contribution in [0, 0.1) is 0 Å². The lowest BCUT2D eigenvalue weighted by atomic mass is 9.79. The molecule has 94 valence electrons. The van der Waals surface area contributed by atoms with Gasteiger partial charge in [-0.25, -0.2) is 0 Å². The molecule has 0 bridgehead atoms. The fourth-order valence-corrected chi connectivity index (χ4v) is 3.50. The molecule has 0 radical (unpaired) electrons. The van der Waals surface area contributed by atoms with Crippen molar-refractivity contribution in [1.29, 1.82) is 0 Å². The van der Waals surface area contributed by atoms with Crippen molar-refractivity contribution in [2.75, 3.05) is 0 Å². The Morgan fingerprint density at radius 2 is 2.06 bits per heavy atom. The zero-order chi connectivity index (χ0) is 12.5. The van der Waals surface area contributed by atoms with E-state index in [2.05, 4.69) is 24.3 Å². The molecule has 18 heavy (non-hydrogen) atoms. The minimum absolute atomic E-state index is 0.0532. The molecule has 1 aromatic heterocycles. The van der Waals surface area contributed by atoms with Gasteiger partial charge in [-0.1, -0.05) is 42.3 Å². The van der Waals surface area contributed by atoms with Crippen LogP contribution in [0.15, 0.2) is 36.4 Å². The largest absolute Gasteiger partial charge is 0.320 e. The van der Waals surface area contributed by atoms with Gasteiger partial charge in [0.15, 0.2) is 0 Å². The molecule has 2 aromatic rings. The number of nitrogens with two attached hydrogens (primary N) is 1. The van der Waals surface area contributed by atoms with Crippen molar-refractivity contribution in [3.63, 3.8) is 0 Å². The van der Waals surface area contributed by atoms with Crippen molar-refractivity contribution in [1.82, 2.24) is 0 Å². The third kappa shape index (κ3) is 2.33. The molecule has 1 aliphatic carbocycles. The predicted octanol–water partition coefficient (Wildman–Crippen LogP) is 4.72. The first kappa shape index (κ1) is 12.2. The van der Waals surface area contributed by atoms with Gasteiger partial charge in [0.2, 0.25) is 0 Å². The molecule has 2 N–H and O–H groups in total. The summed E-state index contributed by atoms with van der Waals surface area (Å²) in [5.74, 6) is 0.754. The first-order valence-corrected chi connectivity index (χ1v) is 7.54. The number of hydrogen-bond donors (Lipinski definition) is 1. The van der Waals surface area contributed by atoms with Crippen LogP contribution in [0.4, 0.5) is 0 Å². The lowest BCUT2D eigenvalue weighted by Crippen LogP contribution is -2.13. The van der Waals surface area contributed by atoms with Gasteiger partial charge in [0.05, 0.1) is 10.4 Å². The highest BCUT2D eigenvalue weighted by Crippen LogP contribution is 2.37. The van der Waals surface area contributed by atoms with E-state index in [1.54, 1.807) is 11.3 Å². The van der Waals surface area contributed by atoms with Gasteiger partial charge in [-0.15, -0.1) is 11.3 Å². The van der Waals surface area contributed by atoms with Gasteiger partial charge >= 0.3 is 0 Å². The van der Waals surface area contributed by atoms with Crippen molar-refractivity contribution >= 4 is 22.9 Å². The molecule has 3 heteroatoms. The van der Waals surface area contributed by atoms with Crippen LogP contribution in [0.5, 0.6) is 0 Å². The molecular weight excluding hydrogens is 262 g/mol. The summed E-state index contributed by atoms with van der Waals surface area (Å²) < 4.78 is 0.801. The Bertz CT molecular complexity index is 545. The first-order chi connectivity index (χ1) is 8.74. The van der Waals surface area contributed by atoms with Crippen molar-refractivity contribution in [2.24, 2.45) is 5.73 Å². The Kier molecular flexibility index (Phi) is 3.42. The molecule has 1 nitrogen and oxygen atoms in total. The zero-order valence-corrected chi connectivity index (χ0v) is 11.7. The summed E-state index contributed by atoms with van der Waals surface area (Å²) in [6.07, 6.45) is 4.01. The summed E-state index contributed by atoms with van der Waals surface area (Å²) in [5, 5.41) is 0. The highest BCUT2D eigenvalue weighted by molar-refractivity contribution is 7.16. The molecule has 1 heterocycles. The molecule has 0 saturated heterocycles. The maximum absolute atomic E-state index is 6.31. The summed E-state index contributed by atoms with van der Waals surface area (Å²) in [5.41, 5.74) is 8.94. The van der Waals surface area contributed by atoms with Crippen molar-refractivity contribution in [3.05, 3.63) is 56.7 Å². The molecule has 1 aromatic carbocycles. The normalized spacial score (nSPS) is 17.4. The van der Waals surface area contributed by atoms with Gasteiger partial charge in [0, 0.05) is 4.88 Å². The fourth-order valence-electron chi connectivity index (χ4n) is 2.41. The second-order valence-electron chi connectivity index (χ2n) is 4.92.